The molecule has 0 fully saturated rings. The number of pyridine rings is 2. The highest BCUT2D eigenvalue weighted by Crippen LogP contribution is 2.20. The molecule has 0 spiro atoms. The number of halogens is 1. The van der Waals surface area contributed by atoms with Gasteiger partial charge < -0.3 is 10.1 Å². The highest BCUT2D eigenvalue weighted by Gasteiger charge is 2.16. The van der Waals surface area contributed by atoms with Crippen molar-refractivity contribution in [1.29, 1.82) is 0 Å². The number of nitrogens with one attached hydrogen (secondary N) is 1. The van der Waals surface area contributed by atoms with E-state index in [9.17, 15) is 0 Å². The summed E-state index contributed by atoms with van der Waals surface area (Å²) in [4.78, 5) is 12.9. The maximum Gasteiger partial charge on any atom is 0.224 e. The minimum Gasteiger partial charge on any atom is -0.480 e. The first-order valence-corrected chi connectivity index (χ1v) is 10.6. The molecule has 1 N–H and O–H groups in total. The molecule has 3 heterocycles. The third kappa shape index (κ3) is 6.26. The van der Waals surface area contributed by atoms with Gasteiger partial charge in [0.1, 0.15) is 5.15 Å². The van der Waals surface area contributed by atoms with Crippen LogP contribution in [0.15, 0.2) is 77.7 Å². The fraction of sp³-hybridized carbons (Fsp3) is 0.217. The van der Waals surface area contributed by atoms with E-state index in [-0.39, 0.29) is 0 Å². The Morgan fingerprint density at radius 2 is 2.15 bits per heavy atom. The largest absolute Gasteiger partial charge is 0.480 e. The van der Waals surface area contributed by atoms with Crippen LogP contribution >= 0.6 is 11.6 Å². The van der Waals surface area contributed by atoms with E-state index in [4.69, 9.17) is 16.3 Å². The summed E-state index contributed by atoms with van der Waals surface area (Å²) in [6.07, 6.45) is 8.38. The number of aryl methyl sites for hydroxylation is 1. The molecule has 0 saturated heterocycles. The second-order valence-corrected chi connectivity index (χ2v) is 7.46. The first-order chi connectivity index (χ1) is 16.4. The van der Waals surface area contributed by atoms with Gasteiger partial charge in [0, 0.05) is 43.1 Å². The molecule has 11 heteroatoms. The number of hydrogen-bond donors (Lipinski definition) is 1. The summed E-state index contributed by atoms with van der Waals surface area (Å²) in [5.74, 6) is 0.389. The molecule has 3 aromatic heterocycles. The first-order valence-electron chi connectivity index (χ1n) is 10.3. The van der Waals surface area contributed by atoms with Crippen molar-refractivity contribution < 1.29 is 4.74 Å². The van der Waals surface area contributed by atoms with Crippen molar-refractivity contribution in [3.8, 4) is 0 Å². The van der Waals surface area contributed by atoms with Gasteiger partial charge in [-0.05, 0) is 23.8 Å². The molecule has 0 aromatic carbocycles. The van der Waals surface area contributed by atoms with Crippen LogP contribution in [0.4, 0.5) is 5.69 Å². The summed E-state index contributed by atoms with van der Waals surface area (Å²) in [5.41, 5.74) is 4.61. The van der Waals surface area contributed by atoms with Gasteiger partial charge in [-0.15, -0.1) is 0 Å². The quantitative estimate of drug-likeness (QED) is 0.151. The molecule has 0 aliphatic heterocycles. The molecule has 0 bridgehead atoms. The van der Waals surface area contributed by atoms with E-state index in [2.05, 4.69) is 48.9 Å². The minimum absolute atomic E-state index is 0.389. The Hall–Kier alpha value is -4.05. The molecule has 34 heavy (non-hydrogen) atoms. The van der Waals surface area contributed by atoms with Gasteiger partial charge in [-0.2, -0.15) is 10.2 Å². The lowest BCUT2D eigenvalue weighted by Crippen LogP contribution is -2.12. The predicted molar refractivity (Wildman–Crippen MR) is 133 cm³/mol. The normalized spacial score (nSPS) is 11.5. The third-order valence-corrected chi connectivity index (χ3v) is 5.00. The highest BCUT2D eigenvalue weighted by molar-refractivity contribution is 6.29. The summed E-state index contributed by atoms with van der Waals surface area (Å²) < 4.78 is 7.37. The van der Waals surface area contributed by atoms with Crippen molar-refractivity contribution in [2.75, 3.05) is 19.5 Å². The zero-order valence-electron chi connectivity index (χ0n) is 19.3. The van der Waals surface area contributed by atoms with Crippen LogP contribution in [0.25, 0.3) is 5.70 Å². The molecular formula is C23H26ClN9O. The van der Waals surface area contributed by atoms with E-state index in [0.29, 0.717) is 29.8 Å². The van der Waals surface area contributed by atoms with Crippen LogP contribution in [-0.2, 0) is 24.9 Å². The van der Waals surface area contributed by atoms with Crippen LogP contribution in [0, 0.1) is 0 Å². The average Bonchev–Trinajstić information content (AvgIpc) is 3.21. The number of aliphatic imine (C=N–C) groups is 1. The predicted octanol–water partition coefficient (Wildman–Crippen LogP) is 4.48. The molecular weight excluding hydrogens is 454 g/mol. The van der Waals surface area contributed by atoms with Crippen molar-refractivity contribution in [3.05, 3.63) is 89.9 Å². The van der Waals surface area contributed by atoms with E-state index >= 15 is 0 Å². The molecule has 0 amide bonds. The maximum atomic E-state index is 5.98. The fourth-order valence-electron chi connectivity index (χ4n) is 3.12. The zero-order valence-corrected chi connectivity index (χ0v) is 20.1. The van der Waals surface area contributed by atoms with Gasteiger partial charge in [-0.25, -0.2) is 9.98 Å². The fourth-order valence-corrected chi connectivity index (χ4v) is 3.29. The summed E-state index contributed by atoms with van der Waals surface area (Å²) in [6.45, 7) is 8.79. The van der Waals surface area contributed by atoms with Gasteiger partial charge in [-0.1, -0.05) is 30.0 Å². The van der Waals surface area contributed by atoms with Crippen LogP contribution in [0.3, 0.4) is 0 Å². The number of rotatable bonds is 10. The van der Waals surface area contributed by atoms with Crippen molar-refractivity contribution in [3.63, 3.8) is 0 Å². The lowest BCUT2D eigenvalue weighted by molar-refractivity contribution is 0.364. The Balaban J connectivity index is 1.82. The molecule has 176 valence electrons. The molecule has 3 rings (SSSR count). The number of ether oxygens (including phenoxy) is 1. The minimum atomic E-state index is 0.389. The number of anilines is 1. The van der Waals surface area contributed by atoms with Crippen molar-refractivity contribution >= 4 is 28.9 Å². The molecule has 0 aliphatic carbocycles. The average molecular weight is 480 g/mol. The zero-order chi connectivity index (χ0) is 24.5. The number of nitrogens with zero attached hydrogens (tertiary/aromatic N) is 8. The lowest BCUT2D eigenvalue weighted by atomic mass is 10.1. The summed E-state index contributed by atoms with van der Waals surface area (Å²) >= 11 is 5.98. The van der Waals surface area contributed by atoms with Gasteiger partial charge in [0.15, 0.2) is 0 Å². The van der Waals surface area contributed by atoms with Crippen LogP contribution in [0.2, 0.25) is 5.15 Å². The van der Waals surface area contributed by atoms with E-state index in [1.54, 1.807) is 60.9 Å². The summed E-state index contributed by atoms with van der Waals surface area (Å²) in [5, 5.41) is 17.5. The first kappa shape index (κ1) is 24.6. The monoisotopic (exact) mass is 479 g/mol. The van der Waals surface area contributed by atoms with Gasteiger partial charge in [0.05, 0.1) is 50.4 Å². The maximum absolute atomic E-state index is 5.98. The Morgan fingerprint density at radius 1 is 1.32 bits per heavy atom. The van der Waals surface area contributed by atoms with E-state index in [0.717, 1.165) is 28.1 Å². The van der Waals surface area contributed by atoms with E-state index in [1.807, 2.05) is 19.2 Å². The Morgan fingerprint density at radius 3 is 2.85 bits per heavy atom. The third-order valence-electron chi connectivity index (χ3n) is 4.80. The number of aromatic nitrogens is 4. The Kier molecular flexibility index (Phi) is 8.47. The van der Waals surface area contributed by atoms with Gasteiger partial charge in [0.2, 0.25) is 5.90 Å². The summed E-state index contributed by atoms with van der Waals surface area (Å²) in [6, 6.07) is 5.53. The molecule has 0 saturated carbocycles. The van der Waals surface area contributed by atoms with Crippen molar-refractivity contribution in [2.24, 2.45) is 22.4 Å². The van der Waals surface area contributed by atoms with Crippen LogP contribution in [0.1, 0.15) is 22.4 Å². The molecule has 0 unspecified atom stereocenters. The molecule has 0 atom stereocenters. The van der Waals surface area contributed by atoms with Crippen LogP contribution in [0.5, 0.6) is 0 Å². The topological polar surface area (TPSA) is 105 Å². The molecule has 10 nitrogen and oxygen atoms in total. The molecule has 0 aliphatic rings. The van der Waals surface area contributed by atoms with Gasteiger partial charge >= 0.3 is 0 Å². The second kappa shape index (κ2) is 11.7. The standard InChI is InChI=1S/C23H26ClN9O/c1-6-33(31-25-3)15-17-9-18(12-26-11-17)16(2)30-23(34-5)20-13-29-32(4)21(20)14-28-19-7-8-27-22(24)10-19/h6-13H,1-2,14-15H2,3-5H3,(H,27,28). The number of methoxy groups -OCH3 is 1. The smallest absolute Gasteiger partial charge is 0.224 e. The van der Waals surface area contributed by atoms with E-state index in [1.165, 1.54) is 0 Å². The SMILES string of the molecule is C=CN(Cc1cncc(C(=C)N=C(OC)c2cnn(C)c2CNc2ccnc(Cl)c2)c1)N=NC. The lowest BCUT2D eigenvalue weighted by Gasteiger charge is -2.13. The van der Waals surface area contributed by atoms with Crippen LogP contribution in [-0.4, -0.2) is 44.8 Å². The van der Waals surface area contributed by atoms with E-state index < -0.39 is 0 Å². The van der Waals surface area contributed by atoms with Crippen molar-refractivity contribution in [2.45, 2.75) is 13.1 Å². The van der Waals surface area contributed by atoms with Crippen molar-refractivity contribution in [1.82, 2.24) is 24.8 Å². The Labute approximate surface area is 203 Å². The van der Waals surface area contributed by atoms with Crippen LogP contribution < -0.4 is 5.32 Å². The second-order valence-electron chi connectivity index (χ2n) is 7.07. The number of hydrogen-bond acceptors (Lipinski definition) is 8. The highest BCUT2D eigenvalue weighted by atomic mass is 35.5. The molecule has 3 aromatic rings. The Bertz CT molecular complexity index is 1220. The van der Waals surface area contributed by atoms with Gasteiger partial charge in [-0.3, -0.25) is 14.7 Å². The molecule has 0 radical (unpaired) electrons. The summed E-state index contributed by atoms with van der Waals surface area (Å²) in [7, 11) is 5.02. The van der Waals surface area contributed by atoms with Gasteiger partial charge in [0.25, 0.3) is 0 Å².